The fraction of sp³-hybridized carbons (Fsp3) is 0.417. The van der Waals surface area contributed by atoms with Crippen molar-refractivity contribution in [3.8, 4) is 5.75 Å². The second-order valence-electron chi connectivity index (χ2n) is 3.59. The van der Waals surface area contributed by atoms with Crippen molar-refractivity contribution in [1.29, 1.82) is 0 Å². The number of methoxy groups -OCH3 is 1. The molecular formula is C12H16BrNO2. The van der Waals surface area contributed by atoms with E-state index in [-0.39, 0.29) is 16.8 Å². The Balaban J connectivity index is 2.80. The maximum atomic E-state index is 11.5. The zero-order chi connectivity index (χ0) is 12.1. The molecule has 16 heavy (non-hydrogen) atoms. The largest absolute Gasteiger partial charge is 0.496 e. The van der Waals surface area contributed by atoms with Crippen molar-refractivity contribution in [3.05, 3.63) is 29.8 Å². The molecule has 2 unspecified atom stereocenters. The molecule has 1 rings (SSSR count). The van der Waals surface area contributed by atoms with E-state index in [1.165, 1.54) is 0 Å². The predicted molar refractivity (Wildman–Crippen MR) is 67.9 cm³/mol. The van der Waals surface area contributed by atoms with Crippen LogP contribution in [0.15, 0.2) is 24.3 Å². The number of nitrogens with one attached hydrogen (secondary N) is 1. The van der Waals surface area contributed by atoms with Gasteiger partial charge in [0, 0.05) is 5.56 Å². The molecule has 3 nitrogen and oxygen atoms in total. The molecule has 0 aliphatic rings. The van der Waals surface area contributed by atoms with Crippen LogP contribution in [0.3, 0.4) is 0 Å². The number of hydrogen-bond acceptors (Lipinski definition) is 2. The Morgan fingerprint density at radius 3 is 2.56 bits per heavy atom. The number of halogens is 1. The summed E-state index contributed by atoms with van der Waals surface area (Å²) in [6, 6.07) is 7.60. The number of para-hydroxylation sites is 1. The number of carbonyl (C=O) groups is 1. The molecule has 0 aliphatic heterocycles. The lowest BCUT2D eigenvalue weighted by Gasteiger charge is -2.17. The van der Waals surface area contributed by atoms with Crippen LogP contribution in [0.25, 0.3) is 0 Å². The van der Waals surface area contributed by atoms with Gasteiger partial charge in [-0.25, -0.2) is 0 Å². The van der Waals surface area contributed by atoms with Crippen molar-refractivity contribution in [1.82, 2.24) is 5.32 Å². The minimum absolute atomic E-state index is 0.0293. The summed E-state index contributed by atoms with van der Waals surface area (Å²) < 4.78 is 5.25. The number of benzene rings is 1. The van der Waals surface area contributed by atoms with Crippen molar-refractivity contribution in [2.24, 2.45) is 0 Å². The Bertz CT molecular complexity index is 366. The van der Waals surface area contributed by atoms with Gasteiger partial charge in [-0.15, -0.1) is 0 Å². The van der Waals surface area contributed by atoms with Gasteiger partial charge >= 0.3 is 0 Å². The minimum Gasteiger partial charge on any atom is -0.496 e. The second-order valence-corrected chi connectivity index (χ2v) is 4.96. The Morgan fingerprint density at radius 1 is 1.38 bits per heavy atom. The maximum absolute atomic E-state index is 11.5. The van der Waals surface area contributed by atoms with Gasteiger partial charge in [0.05, 0.1) is 18.0 Å². The summed E-state index contributed by atoms with van der Waals surface area (Å²) in [5.74, 6) is 0.760. The molecule has 0 aliphatic carbocycles. The van der Waals surface area contributed by atoms with Gasteiger partial charge in [-0.2, -0.15) is 0 Å². The third-order valence-electron chi connectivity index (χ3n) is 2.33. The van der Waals surface area contributed by atoms with E-state index in [0.29, 0.717) is 0 Å². The summed E-state index contributed by atoms with van der Waals surface area (Å²) in [6.45, 7) is 3.73. The molecule has 1 amide bonds. The molecule has 4 heteroatoms. The average molecular weight is 286 g/mol. The van der Waals surface area contributed by atoms with Gasteiger partial charge < -0.3 is 10.1 Å². The van der Waals surface area contributed by atoms with E-state index >= 15 is 0 Å². The Kier molecular flexibility index (Phi) is 4.80. The van der Waals surface area contributed by atoms with Crippen LogP contribution in [0.1, 0.15) is 25.5 Å². The first-order chi connectivity index (χ1) is 7.56. The zero-order valence-corrected chi connectivity index (χ0v) is 11.2. The van der Waals surface area contributed by atoms with E-state index < -0.39 is 0 Å². The smallest absolute Gasteiger partial charge is 0.233 e. The van der Waals surface area contributed by atoms with Gasteiger partial charge in [0.25, 0.3) is 0 Å². The van der Waals surface area contributed by atoms with Gasteiger partial charge in [0.1, 0.15) is 5.75 Å². The number of alkyl halides is 1. The van der Waals surface area contributed by atoms with Crippen LogP contribution in [0.2, 0.25) is 0 Å². The molecule has 0 fully saturated rings. The highest BCUT2D eigenvalue weighted by Gasteiger charge is 2.15. The van der Waals surface area contributed by atoms with Crippen LogP contribution in [-0.2, 0) is 4.79 Å². The molecule has 1 aromatic carbocycles. The van der Waals surface area contributed by atoms with Crippen LogP contribution in [0.4, 0.5) is 0 Å². The van der Waals surface area contributed by atoms with Crippen molar-refractivity contribution in [2.45, 2.75) is 24.7 Å². The first-order valence-electron chi connectivity index (χ1n) is 5.13. The highest BCUT2D eigenvalue weighted by molar-refractivity contribution is 9.10. The maximum Gasteiger partial charge on any atom is 0.233 e. The molecule has 2 atom stereocenters. The van der Waals surface area contributed by atoms with E-state index in [0.717, 1.165) is 11.3 Å². The first-order valence-corrected chi connectivity index (χ1v) is 6.05. The Morgan fingerprint density at radius 2 is 2.00 bits per heavy atom. The molecule has 0 saturated heterocycles. The molecule has 1 aromatic rings. The number of rotatable bonds is 4. The van der Waals surface area contributed by atoms with Crippen LogP contribution < -0.4 is 10.1 Å². The average Bonchev–Trinajstić information content (AvgIpc) is 2.28. The topological polar surface area (TPSA) is 38.3 Å². The number of carbonyl (C=O) groups excluding carboxylic acids is 1. The van der Waals surface area contributed by atoms with Crippen molar-refractivity contribution >= 4 is 21.8 Å². The Labute approximate surface area is 104 Å². The number of hydrogen-bond donors (Lipinski definition) is 1. The van der Waals surface area contributed by atoms with E-state index in [1.807, 2.05) is 31.2 Å². The van der Waals surface area contributed by atoms with Crippen LogP contribution in [-0.4, -0.2) is 17.8 Å². The van der Waals surface area contributed by atoms with E-state index in [2.05, 4.69) is 21.2 Å². The van der Waals surface area contributed by atoms with Gasteiger partial charge in [0.2, 0.25) is 5.91 Å². The molecule has 0 spiro atoms. The molecule has 0 aromatic heterocycles. The first kappa shape index (κ1) is 13.0. The van der Waals surface area contributed by atoms with Crippen LogP contribution in [0, 0.1) is 0 Å². The normalized spacial score (nSPS) is 14.0. The zero-order valence-electron chi connectivity index (χ0n) is 9.66. The van der Waals surface area contributed by atoms with Gasteiger partial charge in [-0.1, -0.05) is 34.1 Å². The molecule has 0 saturated carbocycles. The Hall–Kier alpha value is -1.03. The van der Waals surface area contributed by atoms with Crippen molar-refractivity contribution in [3.63, 3.8) is 0 Å². The lowest BCUT2D eigenvalue weighted by atomic mass is 10.1. The van der Waals surface area contributed by atoms with Crippen LogP contribution in [0.5, 0.6) is 5.75 Å². The third kappa shape index (κ3) is 3.23. The van der Waals surface area contributed by atoms with Crippen LogP contribution >= 0.6 is 15.9 Å². The lowest BCUT2D eigenvalue weighted by molar-refractivity contribution is -0.120. The lowest BCUT2D eigenvalue weighted by Crippen LogP contribution is -2.31. The molecule has 1 N–H and O–H groups in total. The molecule has 0 bridgehead atoms. The third-order valence-corrected chi connectivity index (χ3v) is 2.74. The summed E-state index contributed by atoms with van der Waals surface area (Å²) in [5.41, 5.74) is 0.978. The molecule has 0 heterocycles. The summed E-state index contributed by atoms with van der Waals surface area (Å²) in [6.07, 6.45) is 0. The highest BCUT2D eigenvalue weighted by atomic mass is 79.9. The molecule has 0 radical (unpaired) electrons. The monoisotopic (exact) mass is 285 g/mol. The quantitative estimate of drug-likeness (QED) is 0.864. The predicted octanol–water partition coefficient (Wildman–Crippen LogP) is 2.66. The second kappa shape index (κ2) is 5.89. The van der Waals surface area contributed by atoms with Crippen molar-refractivity contribution in [2.75, 3.05) is 7.11 Å². The SMILES string of the molecule is COc1ccccc1C(C)NC(=O)C(C)Br. The fourth-order valence-electron chi connectivity index (χ4n) is 1.43. The van der Waals surface area contributed by atoms with E-state index in [4.69, 9.17) is 4.74 Å². The standard InChI is InChI=1S/C12H16BrNO2/c1-8(13)12(15)14-9(2)10-6-4-5-7-11(10)16-3/h4-9H,1-3H3,(H,14,15). The summed E-state index contributed by atoms with van der Waals surface area (Å²) in [7, 11) is 1.63. The number of amides is 1. The molecule has 88 valence electrons. The summed E-state index contributed by atoms with van der Waals surface area (Å²) in [5, 5.41) is 2.90. The van der Waals surface area contributed by atoms with Gasteiger partial charge in [-0.05, 0) is 19.9 Å². The van der Waals surface area contributed by atoms with Gasteiger partial charge in [-0.3, -0.25) is 4.79 Å². The van der Waals surface area contributed by atoms with Gasteiger partial charge in [0.15, 0.2) is 0 Å². The van der Waals surface area contributed by atoms with E-state index in [1.54, 1.807) is 14.0 Å². The summed E-state index contributed by atoms with van der Waals surface area (Å²) >= 11 is 3.23. The number of ether oxygens (including phenoxy) is 1. The molecular weight excluding hydrogens is 270 g/mol. The summed E-state index contributed by atoms with van der Waals surface area (Å²) in [4.78, 5) is 11.3. The highest BCUT2D eigenvalue weighted by Crippen LogP contribution is 2.24. The van der Waals surface area contributed by atoms with E-state index in [9.17, 15) is 4.79 Å². The fourth-order valence-corrected chi connectivity index (χ4v) is 1.56. The minimum atomic E-state index is -0.190. The van der Waals surface area contributed by atoms with Crippen molar-refractivity contribution < 1.29 is 9.53 Å².